The van der Waals surface area contributed by atoms with Crippen LogP contribution in [0.4, 0.5) is 0 Å². The predicted octanol–water partition coefficient (Wildman–Crippen LogP) is 3.13. The van der Waals surface area contributed by atoms with Crippen molar-refractivity contribution in [1.29, 1.82) is 0 Å². The van der Waals surface area contributed by atoms with Gasteiger partial charge in [0.1, 0.15) is 5.75 Å². The van der Waals surface area contributed by atoms with Gasteiger partial charge in [-0.05, 0) is 48.9 Å². The summed E-state index contributed by atoms with van der Waals surface area (Å²) >= 11 is 5.88. The number of hydrogen-bond acceptors (Lipinski definition) is 4. The molecule has 0 radical (unpaired) electrons. The summed E-state index contributed by atoms with van der Waals surface area (Å²) in [6.07, 6.45) is 0.760. The van der Waals surface area contributed by atoms with E-state index < -0.39 is 0 Å². The number of benzene rings is 2. The summed E-state index contributed by atoms with van der Waals surface area (Å²) < 4.78 is 0. The number of phenolic OH excluding ortho intramolecular Hbond substituents is 3. The molecule has 0 heterocycles. The van der Waals surface area contributed by atoms with Crippen molar-refractivity contribution in [3.05, 3.63) is 52.5 Å². The monoisotopic (exact) mass is 307 g/mol. The van der Waals surface area contributed by atoms with Gasteiger partial charge in [-0.25, -0.2) is 0 Å². The lowest BCUT2D eigenvalue weighted by Crippen LogP contribution is -2.20. The van der Waals surface area contributed by atoms with Crippen molar-refractivity contribution in [2.24, 2.45) is 0 Å². The van der Waals surface area contributed by atoms with Crippen molar-refractivity contribution in [1.82, 2.24) is 4.90 Å². The van der Waals surface area contributed by atoms with E-state index >= 15 is 0 Å². The van der Waals surface area contributed by atoms with E-state index in [1.165, 1.54) is 6.07 Å². The molecule has 0 spiro atoms. The molecule has 0 saturated heterocycles. The standard InChI is InChI=1S/C16H18ClNO3/c1-18(10-12-3-4-14(19)13(17)8-12)7-6-11-2-5-15(20)16(21)9-11/h2-5,8-9,19-21H,6-7,10H2,1H3. The number of aromatic hydroxyl groups is 3. The van der Waals surface area contributed by atoms with Crippen LogP contribution in [0.1, 0.15) is 11.1 Å². The average Bonchev–Trinajstić information content (AvgIpc) is 2.44. The molecular formula is C16H18ClNO3. The van der Waals surface area contributed by atoms with E-state index in [4.69, 9.17) is 11.6 Å². The highest BCUT2D eigenvalue weighted by molar-refractivity contribution is 6.32. The van der Waals surface area contributed by atoms with Gasteiger partial charge in [0.05, 0.1) is 5.02 Å². The normalized spacial score (nSPS) is 11.0. The van der Waals surface area contributed by atoms with Gasteiger partial charge in [0.15, 0.2) is 11.5 Å². The van der Waals surface area contributed by atoms with Crippen molar-refractivity contribution in [2.75, 3.05) is 13.6 Å². The fraction of sp³-hybridized carbons (Fsp3) is 0.250. The number of nitrogens with zero attached hydrogens (tertiary/aromatic N) is 1. The van der Waals surface area contributed by atoms with Gasteiger partial charge in [-0.15, -0.1) is 0 Å². The second kappa shape index (κ2) is 6.70. The summed E-state index contributed by atoms with van der Waals surface area (Å²) in [5.74, 6) is -0.117. The molecular weight excluding hydrogens is 290 g/mol. The highest BCUT2D eigenvalue weighted by Gasteiger charge is 2.05. The van der Waals surface area contributed by atoms with Gasteiger partial charge >= 0.3 is 0 Å². The Morgan fingerprint density at radius 1 is 0.905 bits per heavy atom. The van der Waals surface area contributed by atoms with Gasteiger partial charge in [0.2, 0.25) is 0 Å². The molecule has 0 atom stereocenters. The lowest BCUT2D eigenvalue weighted by atomic mass is 10.1. The average molecular weight is 308 g/mol. The van der Waals surface area contributed by atoms with Gasteiger partial charge < -0.3 is 20.2 Å². The van der Waals surface area contributed by atoms with Crippen molar-refractivity contribution in [3.8, 4) is 17.2 Å². The second-order valence-corrected chi connectivity index (χ2v) is 5.50. The Morgan fingerprint density at radius 3 is 2.24 bits per heavy atom. The van der Waals surface area contributed by atoms with Crippen molar-refractivity contribution >= 4 is 11.6 Å². The third-order valence-corrected chi connectivity index (χ3v) is 3.59. The number of halogens is 1. The molecule has 0 bridgehead atoms. The van der Waals surface area contributed by atoms with Gasteiger partial charge in [-0.3, -0.25) is 0 Å². The van der Waals surface area contributed by atoms with Crippen LogP contribution >= 0.6 is 11.6 Å². The Labute approximate surface area is 128 Å². The quantitative estimate of drug-likeness (QED) is 0.743. The summed E-state index contributed by atoms with van der Waals surface area (Å²) in [6, 6.07) is 10.0. The van der Waals surface area contributed by atoms with Gasteiger partial charge in [0.25, 0.3) is 0 Å². The maximum absolute atomic E-state index is 9.46. The fourth-order valence-electron chi connectivity index (χ4n) is 2.08. The lowest BCUT2D eigenvalue weighted by molar-refractivity contribution is 0.330. The van der Waals surface area contributed by atoms with E-state index in [1.54, 1.807) is 24.3 Å². The third-order valence-electron chi connectivity index (χ3n) is 3.29. The zero-order valence-electron chi connectivity index (χ0n) is 11.8. The van der Waals surface area contributed by atoms with E-state index in [2.05, 4.69) is 4.90 Å². The topological polar surface area (TPSA) is 63.9 Å². The highest BCUT2D eigenvalue weighted by atomic mass is 35.5. The molecule has 0 saturated carbocycles. The Bertz CT molecular complexity index is 631. The van der Waals surface area contributed by atoms with Gasteiger partial charge in [-0.2, -0.15) is 0 Å². The van der Waals surface area contributed by atoms with Crippen LogP contribution in [0.5, 0.6) is 17.2 Å². The Balaban J connectivity index is 1.90. The van der Waals surface area contributed by atoms with Gasteiger partial charge in [0, 0.05) is 13.1 Å². The van der Waals surface area contributed by atoms with E-state index in [0.717, 1.165) is 24.1 Å². The summed E-state index contributed by atoms with van der Waals surface area (Å²) in [5, 5.41) is 28.5. The first-order chi connectivity index (χ1) is 9.95. The Hall–Kier alpha value is -1.91. The van der Waals surface area contributed by atoms with Crippen LogP contribution in [0.2, 0.25) is 5.02 Å². The molecule has 0 aromatic heterocycles. The van der Waals surface area contributed by atoms with Crippen LogP contribution in [0.25, 0.3) is 0 Å². The van der Waals surface area contributed by atoms with Crippen LogP contribution in [-0.4, -0.2) is 33.8 Å². The van der Waals surface area contributed by atoms with Crippen LogP contribution in [0.3, 0.4) is 0 Å². The lowest BCUT2D eigenvalue weighted by Gasteiger charge is -2.17. The van der Waals surface area contributed by atoms with Crippen molar-refractivity contribution in [2.45, 2.75) is 13.0 Å². The highest BCUT2D eigenvalue weighted by Crippen LogP contribution is 2.26. The molecule has 0 aliphatic carbocycles. The van der Waals surface area contributed by atoms with Gasteiger partial charge in [-0.1, -0.05) is 23.7 Å². The molecule has 0 aliphatic heterocycles. The largest absolute Gasteiger partial charge is 0.506 e. The van der Waals surface area contributed by atoms with Crippen LogP contribution < -0.4 is 0 Å². The van der Waals surface area contributed by atoms with Crippen molar-refractivity contribution < 1.29 is 15.3 Å². The molecule has 2 aromatic carbocycles. The summed E-state index contributed by atoms with van der Waals surface area (Å²) in [7, 11) is 1.99. The first-order valence-corrected chi connectivity index (χ1v) is 7.00. The summed E-state index contributed by atoms with van der Waals surface area (Å²) in [6.45, 7) is 1.51. The number of rotatable bonds is 5. The molecule has 3 N–H and O–H groups in total. The minimum absolute atomic E-state index is 0.0858. The maximum Gasteiger partial charge on any atom is 0.157 e. The van der Waals surface area contributed by atoms with E-state index in [0.29, 0.717) is 11.6 Å². The third kappa shape index (κ3) is 4.28. The molecule has 21 heavy (non-hydrogen) atoms. The van der Waals surface area contributed by atoms with Crippen LogP contribution in [0, 0.1) is 0 Å². The molecule has 0 amide bonds. The summed E-state index contributed by atoms with van der Waals surface area (Å²) in [5.41, 5.74) is 1.98. The Kier molecular flexibility index (Phi) is 4.94. The minimum Gasteiger partial charge on any atom is -0.506 e. The molecule has 0 aliphatic rings. The molecule has 2 rings (SSSR count). The van der Waals surface area contributed by atoms with Crippen LogP contribution in [0.15, 0.2) is 36.4 Å². The number of phenols is 3. The molecule has 0 unspecified atom stereocenters. The Morgan fingerprint density at radius 2 is 1.57 bits per heavy atom. The first kappa shape index (κ1) is 15.5. The van der Waals surface area contributed by atoms with E-state index in [9.17, 15) is 15.3 Å². The van der Waals surface area contributed by atoms with E-state index in [-0.39, 0.29) is 17.2 Å². The maximum atomic E-state index is 9.46. The fourth-order valence-corrected chi connectivity index (χ4v) is 2.29. The smallest absolute Gasteiger partial charge is 0.157 e. The molecule has 4 nitrogen and oxygen atoms in total. The molecule has 2 aromatic rings. The summed E-state index contributed by atoms with van der Waals surface area (Å²) in [4.78, 5) is 2.12. The SMILES string of the molecule is CN(CCc1ccc(O)c(O)c1)Cc1ccc(O)c(Cl)c1. The second-order valence-electron chi connectivity index (χ2n) is 5.10. The molecule has 0 fully saturated rings. The molecule has 5 heteroatoms. The minimum atomic E-state index is -0.106. The molecule has 112 valence electrons. The van der Waals surface area contributed by atoms with E-state index in [1.807, 2.05) is 13.1 Å². The number of hydrogen-bond donors (Lipinski definition) is 3. The zero-order chi connectivity index (χ0) is 15.4. The predicted molar refractivity (Wildman–Crippen MR) is 82.9 cm³/mol. The van der Waals surface area contributed by atoms with Crippen molar-refractivity contribution in [3.63, 3.8) is 0 Å². The number of likely N-dealkylation sites (N-methyl/N-ethyl adjacent to an activating group) is 1. The zero-order valence-corrected chi connectivity index (χ0v) is 12.5. The van der Waals surface area contributed by atoms with Crippen LogP contribution in [-0.2, 0) is 13.0 Å². The first-order valence-electron chi connectivity index (χ1n) is 6.62.